The Labute approximate surface area is 166 Å². The molecule has 3 rings (SSSR count). The highest BCUT2D eigenvalue weighted by atomic mass is 32.1. The van der Waals surface area contributed by atoms with Crippen LogP contribution in [0.15, 0.2) is 18.2 Å². The maximum Gasteiger partial charge on any atom is 0.227 e. The van der Waals surface area contributed by atoms with Crippen molar-refractivity contribution in [2.75, 3.05) is 44.6 Å². The molecule has 0 atom stereocenters. The molecule has 1 aromatic carbocycles. The number of nitrogens with zero attached hydrogens (tertiary/aromatic N) is 3. The Balaban J connectivity index is 1.36. The zero-order chi connectivity index (χ0) is 19.1. The van der Waals surface area contributed by atoms with Crippen molar-refractivity contribution >= 4 is 32.6 Å². The fourth-order valence-corrected chi connectivity index (χ4v) is 4.54. The van der Waals surface area contributed by atoms with Crippen LogP contribution in [0, 0.1) is 6.92 Å². The second-order valence-corrected chi connectivity index (χ2v) is 8.51. The van der Waals surface area contributed by atoms with Gasteiger partial charge in [0.05, 0.1) is 10.2 Å². The average molecular weight is 389 g/mol. The van der Waals surface area contributed by atoms with Crippen molar-refractivity contribution in [2.24, 2.45) is 0 Å². The van der Waals surface area contributed by atoms with Gasteiger partial charge in [-0.3, -0.25) is 4.79 Å². The summed E-state index contributed by atoms with van der Waals surface area (Å²) in [5.74, 6) is 0.0636. The second kappa shape index (κ2) is 10.2. The molecule has 1 aliphatic rings. The van der Waals surface area contributed by atoms with E-state index >= 15 is 0 Å². The molecule has 0 unspecified atom stereocenters. The first-order chi connectivity index (χ1) is 13.2. The molecule has 6 heteroatoms. The number of carbonyl (C=O) groups is 1. The molecule has 0 aliphatic carbocycles. The lowest BCUT2D eigenvalue weighted by molar-refractivity contribution is -0.116. The predicted molar refractivity (Wildman–Crippen MR) is 115 cm³/mol. The van der Waals surface area contributed by atoms with Crippen molar-refractivity contribution in [1.82, 2.24) is 14.8 Å². The highest BCUT2D eigenvalue weighted by Gasteiger charge is 2.17. The Hall–Kier alpha value is -1.50. The van der Waals surface area contributed by atoms with E-state index in [1.807, 2.05) is 6.07 Å². The standard InChI is InChI=1S/C21H32N4OS/c1-3-4-5-6-11-24-13-15-25(16-14-24)12-10-19(26)22-21-23-20-17(2)8-7-9-18(20)27-21/h7-9H,3-6,10-16H2,1-2H3,(H,22,23,26). The minimum Gasteiger partial charge on any atom is -0.302 e. The molecule has 148 valence electrons. The van der Waals surface area contributed by atoms with Gasteiger partial charge in [0.25, 0.3) is 0 Å². The number of unbranched alkanes of at least 4 members (excludes halogenated alkanes) is 3. The molecule has 1 aromatic heterocycles. The zero-order valence-corrected chi connectivity index (χ0v) is 17.5. The van der Waals surface area contributed by atoms with E-state index in [0.29, 0.717) is 11.6 Å². The highest BCUT2D eigenvalue weighted by molar-refractivity contribution is 7.22. The number of amides is 1. The number of benzene rings is 1. The number of carbonyl (C=O) groups excluding carboxylic acids is 1. The maximum atomic E-state index is 12.3. The largest absolute Gasteiger partial charge is 0.302 e. The number of nitrogens with one attached hydrogen (secondary N) is 1. The number of thiazole rings is 1. The van der Waals surface area contributed by atoms with Gasteiger partial charge in [0.1, 0.15) is 0 Å². The minimum absolute atomic E-state index is 0.0636. The Kier molecular flexibility index (Phi) is 7.61. The summed E-state index contributed by atoms with van der Waals surface area (Å²) in [6.45, 7) is 10.8. The molecular weight excluding hydrogens is 356 g/mol. The van der Waals surface area contributed by atoms with Crippen LogP contribution in [-0.2, 0) is 4.79 Å². The SMILES string of the molecule is CCCCCCN1CCN(CCC(=O)Nc2nc3c(C)cccc3s2)CC1. The quantitative estimate of drug-likeness (QED) is 0.656. The third-order valence-electron chi connectivity index (χ3n) is 5.31. The second-order valence-electron chi connectivity index (χ2n) is 7.48. The fraction of sp³-hybridized carbons (Fsp3) is 0.619. The van der Waals surface area contributed by atoms with E-state index in [1.54, 1.807) is 11.3 Å². The minimum atomic E-state index is 0.0636. The first-order valence-corrected chi connectivity index (χ1v) is 11.1. The fourth-order valence-electron chi connectivity index (χ4n) is 3.58. The normalized spacial score (nSPS) is 16.1. The summed E-state index contributed by atoms with van der Waals surface area (Å²) in [5, 5.41) is 3.69. The van der Waals surface area contributed by atoms with Crippen LogP contribution >= 0.6 is 11.3 Å². The molecule has 1 aliphatic heterocycles. The first kappa shape index (κ1) is 20.2. The van der Waals surface area contributed by atoms with Crippen LogP contribution in [0.4, 0.5) is 5.13 Å². The summed E-state index contributed by atoms with van der Waals surface area (Å²) >= 11 is 1.55. The van der Waals surface area contributed by atoms with Crippen LogP contribution in [0.2, 0.25) is 0 Å². The van der Waals surface area contributed by atoms with Crippen LogP contribution in [0.1, 0.15) is 44.6 Å². The monoisotopic (exact) mass is 388 g/mol. The van der Waals surface area contributed by atoms with Gasteiger partial charge in [-0.05, 0) is 31.5 Å². The molecule has 1 saturated heterocycles. The summed E-state index contributed by atoms with van der Waals surface area (Å²) in [6.07, 6.45) is 5.85. The molecule has 2 aromatic rings. The molecule has 0 spiro atoms. The van der Waals surface area contributed by atoms with Crippen LogP contribution in [0.3, 0.4) is 0 Å². The first-order valence-electron chi connectivity index (χ1n) is 10.3. The highest BCUT2D eigenvalue weighted by Crippen LogP contribution is 2.27. The van der Waals surface area contributed by atoms with E-state index in [4.69, 9.17) is 0 Å². The van der Waals surface area contributed by atoms with E-state index < -0.39 is 0 Å². The van der Waals surface area contributed by atoms with Gasteiger partial charge in [0.2, 0.25) is 5.91 Å². The van der Waals surface area contributed by atoms with Gasteiger partial charge >= 0.3 is 0 Å². The molecule has 1 N–H and O–H groups in total. The summed E-state index contributed by atoms with van der Waals surface area (Å²) in [4.78, 5) is 21.8. The van der Waals surface area contributed by atoms with Gasteiger partial charge in [0, 0.05) is 39.1 Å². The Morgan fingerprint density at radius 3 is 2.56 bits per heavy atom. The van der Waals surface area contributed by atoms with Crippen LogP contribution in [0.5, 0.6) is 0 Å². The van der Waals surface area contributed by atoms with Crippen LogP contribution in [-0.4, -0.2) is 60.0 Å². The molecular formula is C21H32N4OS. The van der Waals surface area contributed by atoms with Crippen LogP contribution < -0.4 is 5.32 Å². The van der Waals surface area contributed by atoms with Crippen molar-refractivity contribution in [3.8, 4) is 0 Å². The average Bonchev–Trinajstić information content (AvgIpc) is 3.08. The van der Waals surface area contributed by atoms with Gasteiger partial charge in [-0.2, -0.15) is 0 Å². The van der Waals surface area contributed by atoms with Gasteiger partial charge in [0.15, 0.2) is 5.13 Å². The molecule has 1 amide bonds. The third-order valence-corrected chi connectivity index (χ3v) is 6.25. The number of aryl methyl sites for hydroxylation is 1. The molecule has 0 saturated carbocycles. The maximum absolute atomic E-state index is 12.3. The summed E-state index contributed by atoms with van der Waals surface area (Å²) in [7, 11) is 0. The van der Waals surface area contributed by atoms with E-state index in [0.717, 1.165) is 48.5 Å². The summed E-state index contributed by atoms with van der Waals surface area (Å²) in [5.41, 5.74) is 2.14. The number of aromatic nitrogens is 1. The van der Waals surface area contributed by atoms with Crippen molar-refractivity contribution in [2.45, 2.75) is 46.0 Å². The van der Waals surface area contributed by atoms with Crippen molar-refractivity contribution in [3.05, 3.63) is 23.8 Å². The zero-order valence-electron chi connectivity index (χ0n) is 16.7. The lowest BCUT2D eigenvalue weighted by Crippen LogP contribution is -2.47. The number of fused-ring (bicyclic) bond motifs is 1. The van der Waals surface area contributed by atoms with E-state index in [2.05, 4.69) is 46.1 Å². The van der Waals surface area contributed by atoms with E-state index in [-0.39, 0.29) is 5.91 Å². The van der Waals surface area contributed by atoms with Crippen molar-refractivity contribution in [1.29, 1.82) is 0 Å². The predicted octanol–water partition coefficient (Wildman–Crippen LogP) is 4.13. The van der Waals surface area contributed by atoms with Crippen molar-refractivity contribution < 1.29 is 4.79 Å². The number of hydrogen-bond acceptors (Lipinski definition) is 5. The molecule has 1 fully saturated rings. The van der Waals surface area contributed by atoms with Gasteiger partial charge in [-0.15, -0.1) is 0 Å². The Bertz CT molecular complexity index is 737. The molecule has 0 radical (unpaired) electrons. The number of piperazine rings is 1. The number of para-hydroxylation sites is 1. The number of rotatable bonds is 9. The lowest BCUT2D eigenvalue weighted by Gasteiger charge is -2.34. The summed E-state index contributed by atoms with van der Waals surface area (Å²) in [6, 6.07) is 6.14. The topological polar surface area (TPSA) is 48.5 Å². The van der Waals surface area contributed by atoms with E-state index in [9.17, 15) is 4.79 Å². The van der Waals surface area contributed by atoms with Crippen LogP contribution in [0.25, 0.3) is 10.2 Å². The Morgan fingerprint density at radius 2 is 1.85 bits per heavy atom. The van der Waals surface area contributed by atoms with Crippen molar-refractivity contribution in [3.63, 3.8) is 0 Å². The number of anilines is 1. The smallest absolute Gasteiger partial charge is 0.227 e. The Morgan fingerprint density at radius 1 is 1.11 bits per heavy atom. The van der Waals surface area contributed by atoms with E-state index in [1.165, 1.54) is 32.2 Å². The number of hydrogen-bond donors (Lipinski definition) is 1. The van der Waals surface area contributed by atoms with Gasteiger partial charge in [-0.25, -0.2) is 4.98 Å². The lowest BCUT2D eigenvalue weighted by atomic mass is 10.2. The van der Waals surface area contributed by atoms with Gasteiger partial charge in [-0.1, -0.05) is 49.7 Å². The molecule has 5 nitrogen and oxygen atoms in total. The molecule has 2 heterocycles. The summed E-state index contributed by atoms with van der Waals surface area (Å²) < 4.78 is 1.13. The molecule has 27 heavy (non-hydrogen) atoms. The third kappa shape index (κ3) is 5.99. The van der Waals surface area contributed by atoms with Gasteiger partial charge < -0.3 is 15.1 Å². The molecule has 0 bridgehead atoms.